The van der Waals surface area contributed by atoms with Gasteiger partial charge in [0.2, 0.25) is 0 Å². The minimum absolute atomic E-state index is 0.729. The Labute approximate surface area is 309 Å². The number of hydrogen-bond donors (Lipinski definition) is 0. The van der Waals surface area contributed by atoms with Crippen molar-refractivity contribution in [2.75, 3.05) is 0 Å². The van der Waals surface area contributed by atoms with Crippen molar-refractivity contribution in [3.63, 3.8) is 0 Å². The average Bonchev–Trinajstić information content (AvgIpc) is 3.53. The smallest absolute Gasteiger partial charge is 0.136 e. The number of allylic oxidation sites excluding steroid dienone is 3. The van der Waals surface area contributed by atoms with E-state index in [9.17, 15) is 0 Å². The fourth-order valence-corrected chi connectivity index (χ4v) is 8.59. The largest absolute Gasteiger partial charge is 0.456 e. The van der Waals surface area contributed by atoms with E-state index in [4.69, 9.17) is 9.41 Å². The molecule has 0 radical (unpaired) electrons. The van der Waals surface area contributed by atoms with E-state index >= 15 is 0 Å². The number of para-hydroxylation sites is 1. The molecule has 1 aromatic heterocycles. The Bertz CT molecular complexity index is 3010. The quantitative estimate of drug-likeness (QED) is 0.166. The summed E-state index contributed by atoms with van der Waals surface area (Å²) in [6, 6.07) is 59.1. The van der Waals surface area contributed by atoms with Gasteiger partial charge in [0.15, 0.2) is 0 Å². The Morgan fingerprint density at radius 3 is 2.02 bits per heavy atom. The Balaban J connectivity index is 1.26. The summed E-state index contributed by atoms with van der Waals surface area (Å²) in [4.78, 5) is 5.79. The van der Waals surface area contributed by atoms with Gasteiger partial charge >= 0.3 is 0 Å². The third-order valence-corrected chi connectivity index (χ3v) is 11.0. The normalized spacial score (nSPS) is 13.8. The Morgan fingerprint density at radius 1 is 0.509 bits per heavy atom. The summed E-state index contributed by atoms with van der Waals surface area (Å²) >= 11 is 0. The molecule has 8 aromatic carbocycles. The predicted octanol–water partition coefficient (Wildman–Crippen LogP) is 14.2. The minimum atomic E-state index is 0.729. The van der Waals surface area contributed by atoms with E-state index in [1.54, 1.807) is 0 Å². The van der Waals surface area contributed by atoms with Crippen molar-refractivity contribution in [2.45, 2.75) is 26.7 Å². The number of hydrogen-bond acceptors (Lipinski definition) is 2. The summed E-state index contributed by atoms with van der Waals surface area (Å²) < 4.78 is 6.44. The summed E-state index contributed by atoms with van der Waals surface area (Å²) in [5.74, 6) is 0. The van der Waals surface area contributed by atoms with E-state index in [0.29, 0.717) is 0 Å². The third kappa shape index (κ3) is 5.21. The van der Waals surface area contributed by atoms with Crippen LogP contribution < -0.4 is 0 Å². The van der Waals surface area contributed by atoms with Crippen molar-refractivity contribution in [2.24, 2.45) is 4.99 Å². The number of fused-ring (bicyclic) bond motifs is 7. The summed E-state index contributed by atoms with van der Waals surface area (Å²) in [7, 11) is 0. The Kier molecular flexibility index (Phi) is 7.44. The molecule has 9 aromatic rings. The lowest BCUT2D eigenvalue weighted by Gasteiger charge is -2.18. The molecule has 2 nitrogen and oxygen atoms in total. The van der Waals surface area contributed by atoms with Crippen LogP contribution in [0.4, 0.5) is 0 Å². The van der Waals surface area contributed by atoms with Gasteiger partial charge < -0.3 is 4.42 Å². The molecular weight excluding hydrogens is 643 g/mol. The fourth-order valence-electron chi connectivity index (χ4n) is 8.59. The molecule has 2 heterocycles. The van der Waals surface area contributed by atoms with Gasteiger partial charge in [-0.3, -0.25) is 4.99 Å². The van der Waals surface area contributed by atoms with E-state index in [1.165, 1.54) is 65.7 Å². The highest BCUT2D eigenvalue weighted by Crippen LogP contribution is 2.44. The molecule has 1 aliphatic rings. The van der Waals surface area contributed by atoms with Gasteiger partial charge in [0.05, 0.1) is 11.4 Å². The van der Waals surface area contributed by atoms with Crippen LogP contribution in [0.2, 0.25) is 0 Å². The standard InChI is InChI=1S/C51H37NO/c1-3-39-49(37-26-27-42-36(29-37)25-24-34-16-7-9-18-40(34)42)32(2)28-46(38-30-35-17-8-10-19-41(35)45(31-38)33-14-5-4-6-15-33)52-51(39)44-21-13-23-48-50(44)43-20-11-12-22-47(43)53-48/h4-27,29-31H,3,28H2,1-2H3. The van der Waals surface area contributed by atoms with E-state index in [0.717, 1.165) is 57.3 Å². The zero-order valence-corrected chi connectivity index (χ0v) is 29.9. The second-order valence-corrected chi connectivity index (χ2v) is 14.2. The van der Waals surface area contributed by atoms with E-state index in [1.807, 2.05) is 6.07 Å². The van der Waals surface area contributed by atoms with Crippen LogP contribution in [0.25, 0.3) is 76.7 Å². The van der Waals surface area contributed by atoms with E-state index in [-0.39, 0.29) is 0 Å². The molecule has 0 fully saturated rings. The maximum atomic E-state index is 6.44. The summed E-state index contributed by atoms with van der Waals surface area (Å²) in [6.45, 7) is 4.58. The first-order valence-electron chi connectivity index (χ1n) is 18.6. The highest BCUT2D eigenvalue weighted by molar-refractivity contribution is 6.17. The lowest BCUT2D eigenvalue weighted by molar-refractivity contribution is 0.669. The van der Waals surface area contributed by atoms with Crippen LogP contribution in [-0.2, 0) is 0 Å². The molecule has 0 bridgehead atoms. The third-order valence-electron chi connectivity index (χ3n) is 11.0. The zero-order chi connectivity index (χ0) is 35.5. The van der Waals surface area contributed by atoms with Crippen molar-refractivity contribution >= 4 is 71.2 Å². The molecule has 1 aliphatic heterocycles. The molecule has 0 amide bonds. The fraction of sp³-hybridized carbons (Fsp3) is 0.0784. The van der Waals surface area contributed by atoms with Crippen molar-refractivity contribution < 1.29 is 4.42 Å². The molecule has 2 heteroatoms. The second-order valence-electron chi connectivity index (χ2n) is 14.2. The number of aliphatic imine (C=N–C) groups is 1. The van der Waals surface area contributed by atoms with Gasteiger partial charge in [0, 0.05) is 22.8 Å². The summed E-state index contributed by atoms with van der Waals surface area (Å²) in [5, 5.41) is 9.74. The zero-order valence-electron chi connectivity index (χ0n) is 29.9. The van der Waals surface area contributed by atoms with Crippen LogP contribution in [0.5, 0.6) is 0 Å². The van der Waals surface area contributed by atoms with Gasteiger partial charge in [0.1, 0.15) is 11.2 Å². The SMILES string of the molecule is CCC1=C(c2cccc3oc4ccccc4c23)N=C(c2cc(-c3ccccc3)c3ccccc3c2)CC(C)=C1c1ccc2c(ccc3ccccc32)c1. The van der Waals surface area contributed by atoms with Crippen LogP contribution in [0.15, 0.2) is 184 Å². The van der Waals surface area contributed by atoms with Crippen molar-refractivity contribution in [1.29, 1.82) is 0 Å². The maximum absolute atomic E-state index is 6.44. The van der Waals surface area contributed by atoms with Crippen molar-refractivity contribution in [1.82, 2.24) is 0 Å². The lowest BCUT2D eigenvalue weighted by Crippen LogP contribution is -2.03. The number of benzene rings is 8. The predicted molar refractivity (Wildman–Crippen MR) is 226 cm³/mol. The van der Waals surface area contributed by atoms with Crippen LogP contribution in [0.1, 0.15) is 43.4 Å². The molecule has 0 aliphatic carbocycles. The first-order chi connectivity index (χ1) is 26.1. The number of furan rings is 1. The molecule has 252 valence electrons. The summed E-state index contributed by atoms with van der Waals surface area (Å²) in [6.07, 6.45) is 1.56. The first kappa shape index (κ1) is 31.2. The molecule has 0 unspecified atom stereocenters. The highest BCUT2D eigenvalue weighted by Gasteiger charge is 2.25. The van der Waals surface area contributed by atoms with E-state index in [2.05, 4.69) is 172 Å². The Hall–Kier alpha value is -6.51. The maximum Gasteiger partial charge on any atom is 0.136 e. The van der Waals surface area contributed by atoms with Gasteiger partial charge in [-0.1, -0.05) is 146 Å². The first-order valence-corrected chi connectivity index (χ1v) is 18.6. The van der Waals surface area contributed by atoms with E-state index < -0.39 is 0 Å². The van der Waals surface area contributed by atoms with Crippen LogP contribution in [0, 0.1) is 0 Å². The molecule has 0 saturated carbocycles. The molecular formula is C51H37NO. The van der Waals surface area contributed by atoms with Crippen molar-refractivity contribution in [3.8, 4) is 11.1 Å². The van der Waals surface area contributed by atoms with Gasteiger partial charge in [-0.05, 0) is 109 Å². The molecule has 0 saturated heterocycles. The molecule has 0 spiro atoms. The lowest BCUT2D eigenvalue weighted by atomic mass is 9.86. The minimum Gasteiger partial charge on any atom is -0.456 e. The van der Waals surface area contributed by atoms with Gasteiger partial charge in [0.25, 0.3) is 0 Å². The molecule has 53 heavy (non-hydrogen) atoms. The summed E-state index contributed by atoms with van der Waals surface area (Å²) in [5.41, 5.74) is 13.6. The molecule has 10 rings (SSSR count). The van der Waals surface area contributed by atoms with Crippen molar-refractivity contribution in [3.05, 3.63) is 192 Å². The monoisotopic (exact) mass is 679 g/mol. The Morgan fingerprint density at radius 2 is 1.17 bits per heavy atom. The van der Waals surface area contributed by atoms with Gasteiger partial charge in [-0.15, -0.1) is 0 Å². The molecule has 0 atom stereocenters. The van der Waals surface area contributed by atoms with Gasteiger partial charge in [-0.25, -0.2) is 0 Å². The topological polar surface area (TPSA) is 25.5 Å². The average molecular weight is 680 g/mol. The van der Waals surface area contributed by atoms with Crippen LogP contribution in [-0.4, -0.2) is 5.71 Å². The second kappa shape index (κ2) is 12.6. The number of rotatable bonds is 5. The molecule has 0 N–H and O–H groups in total. The highest BCUT2D eigenvalue weighted by atomic mass is 16.3. The van der Waals surface area contributed by atoms with Crippen LogP contribution in [0.3, 0.4) is 0 Å². The van der Waals surface area contributed by atoms with Crippen LogP contribution >= 0.6 is 0 Å². The van der Waals surface area contributed by atoms with Gasteiger partial charge in [-0.2, -0.15) is 0 Å². The number of nitrogens with zero attached hydrogens (tertiary/aromatic N) is 1.